The molecule has 0 amide bonds. The summed E-state index contributed by atoms with van der Waals surface area (Å²) < 4.78 is 0. The van der Waals surface area contributed by atoms with Crippen LogP contribution in [0.3, 0.4) is 0 Å². The number of rotatable bonds is 3. The van der Waals surface area contributed by atoms with Crippen LogP contribution in [0.25, 0.3) is 0 Å². The van der Waals surface area contributed by atoms with E-state index in [0.29, 0.717) is 11.5 Å². The van der Waals surface area contributed by atoms with Gasteiger partial charge in [0.2, 0.25) is 0 Å². The fourth-order valence-corrected chi connectivity index (χ4v) is 10.9. The molecule has 2 N–H and O–H groups in total. The lowest BCUT2D eigenvalue weighted by Crippen LogP contribution is -2.31. The van der Waals surface area contributed by atoms with E-state index in [0.717, 1.165) is 21.7 Å². The van der Waals surface area contributed by atoms with Gasteiger partial charge in [0.25, 0.3) is 0 Å². The van der Waals surface area contributed by atoms with Crippen LogP contribution in [0.4, 0.5) is 0 Å². The number of phenols is 2. The van der Waals surface area contributed by atoms with Gasteiger partial charge in [0.1, 0.15) is 11.5 Å². The molecule has 0 saturated heterocycles. The van der Waals surface area contributed by atoms with Crippen molar-refractivity contribution in [1.82, 2.24) is 0 Å². The first-order valence-electron chi connectivity index (χ1n) is 7.09. The van der Waals surface area contributed by atoms with Crippen molar-refractivity contribution in [3.8, 4) is 11.5 Å². The van der Waals surface area contributed by atoms with E-state index in [1.165, 1.54) is 0 Å². The van der Waals surface area contributed by atoms with Gasteiger partial charge in [-0.1, -0.05) is 50.4 Å². The lowest BCUT2D eigenvalue weighted by Gasteiger charge is -2.32. The molecule has 0 aliphatic rings. The van der Waals surface area contributed by atoms with E-state index in [9.17, 15) is 10.2 Å². The molecule has 4 heteroatoms. The third kappa shape index (κ3) is 3.48. The molecule has 21 heavy (non-hydrogen) atoms. The highest BCUT2D eigenvalue weighted by Crippen LogP contribution is 2.48. The average Bonchev–Trinajstić information content (AvgIpc) is 2.36. The zero-order valence-corrected chi connectivity index (χ0v) is 15.2. The fraction of sp³-hybridized carbons (Fsp3) is 0.294. The second kappa shape index (κ2) is 5.82. The van der Waals surface area contributed by atoms with Gasteiger partial charge in [-0.15, -0.1) is 0 Å². The summed E-state index contributed by atoms with van der Waals surface area (Å²) >= 11 is 0. The predicted molar refractivity (Wildman–Crippen MR) is 95.2 cm³/mol. The van der Waals surface area contributed by atoms with Crippen molar-refractivity contribution < 1.29 is 10.2 Å². The average molecular weight is 318 g/mol. The predicted octanol–water partition coefficient (Wildman–Crippen LogP) is 3.98. The van der Waals surface area contributed by atoms with Crippen LogP contribution in [0.2, 0.25) is 19.6 Å². The second-order valence-electron chi connectivity index (χ2n) is 6.49. The van der Waals surface area contributed by atoms with Crippen molar-refractivity contribution in [3.63, 3.8) is 0 Å². The summed E-state index contributed by atoms with van der Waals surface area (Å²) in [6.45, 7) is 11.0. The van der Waals surface area contributed by atoms with Crippen molar-refractivity contribution in [3.05, 3.63) is 47.5 Å². The topological polar surface area (TPSA) is 40.5 Å². The van der Waals surface area contributed by atoms with Gasteiger partial charge in [-0.05, 0) is 38.1 Å². The molecule has 0 atom stereocenters. The van der Waals surface area contributed by atoms with Crippen LogP contribution < -0.4 is 10.6 Å². The maximum atomic E-state index is 10.3. The van der Waals surface area contributed by atoms with Crippen molar-refractivity contribution in [2.75, 3.05) is 0 Å². The molecule has 0 heterocycles. The highest BCUT2D eigenvalue weighted by Gasteiger charge is 2.33. The molecule has 0 aliphatic carbocycles. The Morgan fingerprint density at radius 3 is 1.48 bits per heavy atom. The smallest absolute Gasteiger partial charge is 0.123 e. The third-order valence-corrected chi connectivity index (χ3v) is 11.9. The molecular formula is C17H23O2PSi. The van der Waals surface area contributed by atoms with Crippen LogP contribution in [-0.2, 0) is 0 Å². The lowest BCUT2D eigenvalue weighted by molar-refractivity contribution is 0.479. The van der Waals surface area contributed by atoms with E-state index in [4.69, 9.17) is 0 Å². The van der Waals surface area contributed by atoms with Crippen molar-refractivity contribution in [2.24, 2.45) is 0 Å². The summed E-state index contributed by atoms with van der Waals surface area (Å²) in [5, 5.41) is 22.7. The molecule has 2 nitrogen and oxygen atoms in total. The summed E-state index contributed by atoms with van der Waals surface area (Å²) in [4.78, 5) is 0. The lowest BCUT2D eigenvalue weighted by atomic mass is 10.2. The van der Waals surface area contributed by atoms with Gasteiger partial charge in [-0.3, -0.25) is 0 Å². The minimum absolute atomic E-state index is 0.343. The first kappa shape index (κ1) is 16.1. The van der Waals surface area contributed by atoms with Crippen LogP contribution in [0.1, 0.15) is 11.1 Å². The summed E-state index contributed by atoms with van der Waals surface area (Å²) in [5.41, 5.74) is 2.28. The van der Waals surface area contributed by atoms with E-state index in [1.54, 1.807) is 12.1 Å². The Morgan fingerprint density at radius 1 is 0.762 bits per heavy atom. The maximum absolute atomic E-state index is 10.3. The van der Waals surface area contributed by atoms with Crippen LogP contribution in [0.5, 0.6) is 11.5 Å². The monoisotopic (exact) mass is 318 g/mol. The largest absolute Gasteiger partial charge is 0.507 e. The molecular weight excluding hydrogens is 295 g/mol. The number of hydrogen-bond acceptors (Lipinski definition) is 2. The van der Waals surface area contributed by atoms with Gasteiger partial charge in [0.15, 0.2) is 0 Å². The summed E-state index contributed by atoms with van der Waals surface area (Å²) in [6, 6.07) is 11.5. The molecule has 0 fully saturated rings. The van der Waals surface area contributed by atoms with Crippen molar-refractivity contribution >= 4 is 25.8 Å². The number of aromatic hydroxyl groups is 2. The summed E-state index contributed by atoms with van der Waals surface area (Å²) in [6.07, 6.45) is 0. The molecule has 0 aliphatic heterocycles. The van der Waals surface area contributed by atoms with Gasteiger partial charge in [-0.2, -0.15) is 0 Å². The maximum Gasteiger partial charge on any atom is 0.123 e. The number of benzene rings is 2. The molecule has 0 aromatic heterocycles. The standard InChI is InChI=1S/C17H23O2PSi/c1-12-6-8-14(18)16(10-12)20(21(3,4)5)17-11-13(2)7-9-15(17)19/h6-11,18-19H,1-5H3. The van der Waals surface area contributed by atoms with Crippen molar-refractivity contribution in [1.29, 1.82) is 0 Å². The molecule has 2 aromatic carbocycles. The van der Waals surface area contributed by atoms with E-state index >= 15 is 0 Å². The first-order valence-corrected chi connectivity index (χ1v) is 12.8. The van der Waals surface area contributed by atoms with E-state index < -0.39 is 15.2 Å². The Balaban J connectivity index is 2.70. The highest BCUT2D eigenvalue weighted by atomic mass is 31.4. The molecule has 0 saturated carbocycles. The molecule has 112 valence electrons. The van der Waals surface area contributed by atoms with Crippen LogP contribution >= 0.6 is 7.47 Å². The highest BCUT2D eigenvalue weighted by molar-refractivity contribution is 8.04. The normalized spacial score (nSPS) is 11.9. The molecule has 0 radical (unpaired) electrons. The quantitative estimate of drug-likeness (QED) is 0.664. The minimum Gasteiger partial charge on any atom is -0.507 e. The number of phenolic OH excluding ortho intramolecular Hbond substituents is 2. The fourth-order valence-electron chi connectivity index (χ4n) is 2.48. The summed E-state index contributed by atoms with van der Waals surface area (Å²) in [7, 11) is -2.36. The molecule has 2 aromatic rings. The third-order valence-electron chi connectivity index (χ3n) is 3.41. The summed E-state index contributed by atoms with van der Waals surface area (Å²) in [5.74, 6) is 0.685. The van der Waals surface area contributed by atoms with Crippen molar-refractivity contribution in [2.45, 2.75) is 33.5 Å². The minimum atomic E-state index is -1.63. The second-order valence-corrected chi connectivity index (χ2v) is 17.8. The first-order chi connectivity index (χ1) is 9.70. The van der Waals surface area contributed by atoms with Gasteiger partial charge >= 0.3 is 0 Å². The van der Waals surface area contributed by atoms with Crippen LogP contribution in [-0.4, -0.2) is 18.0 Å². The zero-order valence-electron chi connectivity index (χ0n) is 13.3. The molecule has 2 rings (SSSR count). The van der Waals surface area contributed by atoms with E-state index in [-0.39, 0.29) is 0 Å². The van der Waals surface area contributed by atoms with Gasteiger partial charge in [-0.25, -0.2) is 0 Å². The Kier molecular flexibility index (Phi) is 4.45. The Morgan fingerprint density at radius 2 is 1.14 bits per heavy atom. The van der Waals surface area contributed by atoms with Crippen LogP contribution in [0, 0.1) is 13.8 Å². The Labute approximate surface area is 129 Å². The molecule has 0 spiro atoms. The SMILES string of the molecule is Cc1ccc(O)c(P(c2cc(C)ccc2O)[Si](C)(C)C)c1. The number of hydrogen-bond donors (Lipinski definition) is 2. The molecule has 0 bridgehead atoms. The van der Waals surface area contributed by atoms with Gasteiger partial charge < -0.3 is 10.2 Å². The van der Waals surface area contributed by atoms with E-state index in [2.05, 4.69) is 31.8 Å². The van der Waals surface area contributed by atoms with Gasteiger partial charge in [0.05, 0.1) is 7.74 Å². The molecule has 0 unspecified atom stereocenters. The Bertz CT molecular complexity index is 611. The van der Waals surface area contributed by atoms with Crippen LogP contribution in [0.15, 0.2) is 36.4 Å². The Hall–Kier alpha value is -1.31. The zero-order chi connectivity index (χ0) is 15.8. The number of aryl methyl sites for hydroxylation is 2. The van der Waals surface area contributed by atoms with E-state index in [1.807, 2.05) is 26.0 Å². The van der Waals surface area contributed by atoms with Gasteiger partial charge in [0, 0.05) is 10.6 Å².